The minimum Gasteiger partial charge on any atom is -0.394 e. The van der Waals surface area contributed by atoms with Crippen molar-refractivity contribution in [3.63, 3.8) is 0 Å². The quantitative estimate of drug-likeness (QED) is 0.0603. The van der Waals surface area contributed by atoms with Gasteiger partial charge in [-0.2, -0.15) is 0 Å². The minimum atomic E-state index is -5.07. The van der Waals surface area contributed by atoms with Gasteiger partial charge in [0.2, 0.25) is 41.4 Å². The minimum absolute atomic E-state index is 0.0114. The number of hydrogen-bond acceptors (Lipinski definition) is 18. The van der Waals surface area contributed by atoms with Crippen molar-refractivity contribution < 1.29 is 67.0 Å². The van der Waals surface area contributed by atoms with Gasteiger partial charge in [0.05, 0.1) is 41.7 Å². The number of nitrogens with two attached hydrogens (primary N) is 6. The maximum absolute atomic E-state index is 14.4. The summed E-state index contributed by atoms with van der Waals surface area (Å²) in [6.07, 6.45) is -4.26. The van der Waals surface area contributed by atoms with Crippen LogP contribution >= 0.6 is 7.82 Å². The number of amides is 7. The van der Waals surface area contributed by atoms with Crippen molar-refractivity contribution in [1.29, 1.82) is 0 Å². The Bertz CT molecular complexity index is 3540. The van der Waals surface area contributed by atoms with Gasteiger partial charge in [-0.05, 0) is 108 Å². The van der Waals surface area contributed by atoms with Crippen molar-refractivity contribution in [3.05, 3.63) is 63.9 Å². The van der Waals surface area contributed by atoms with Crippen molar-refractivity contribution in [1.82, 2.24) is 20.2 Å². The molecule has 27 nitrogen and oxygen atoms in total. The van der Waals surface area contributed by atoms with Crippen LogP contribution in [-0.4, -0.2) is 132 Å². The molecule has 28 heteroatoms. The lowest BCUT2D eigenvalue weighted by Gasteiger charge is -2.48. The van der Waals surface area contributed by atoms with Gasteiger partial charge in [-0.3, -0.25) is 57.6 Å². The van der Waals surface area contributed by atoms with Crippen LogP contribution in [0.15, 0.2) is 67.8 Å². The summed E-state index contributed by atoms with van der Waals surface area (Å²) in [6.45, 7) is 19.3. The number of benzene rings is 1. The molecule has 9 unspecified atom stereocenters. The third-order valence-corrected chi connectivity index (χ3v) is 21.7. The number of imidazole rings is 1. The number of phosphoric acid groups is 1. The molecule has 1 aromatic heterocycles. The molecule has 7 heterocycles. The summed E-state index contributed by atoms with van der Waals surface area (Å²) in [5.41, 5.74) is 37.4. The Labute approximate surface area is 523 Å². The predicted molar refractivity (Wildman–Crippen MR) is 334 cm³/mol. The number of fused-ring (bicyclic) bond motifs is 7. The molecule has 17 N–H and O–H groups in total. The molecular weight excluding hydrogens is 1180 g/mol. The fourth-order valence-corrected chi connectivity index (χ4v) is 16.6. The van der Waals surface area contributed by atoms with Crippen LogP contribution in [-0.2, 0) is 51.9 Å². The highest BCUT2D eigenvalue weighted by Gasteiger charge is 2.66. The molecule has 15 atom stereocenters. The molecule has 2 saturated heterocycles. The van der Waals surface area contributed by atoms with Crippen LogP contribution < -0.4 is 45.0 Å². The number of carbonyl (C=O) groups excluding carboxylic acids is 7. The van der Waals surface area contributed by atoms with E-state index in [1.54, 1.807) is 4.57 Å². The second-order valence-corrected chi connectivity index (χ2v) is 28.4. The normalized spacial score (nSPS) is 33.4. The van der Waals surface area contributed by atoms with Crippen molar-refractivity contribution >= 4 is 77.3 Å². The van der Waals surface area contributed by atoms with E-state index in [9.17, 15) is 53.2 Å². The maximum atomic E-state index is 14.4. The number of aryl methyl sites for hydroxylation is 2. The lowest BCUT2D eigenvalue weighted by atomic mass is 9.55. The molecule has 0 saturated carbocycles. The average molecular weight is 1270 g/mol. The first-order chi connectivity index (χ1) is 41.8. The number of rotatable bonds is 26. The number of carbonyl (C=O) groups is 7. The standard InChI is InChI=1S/C62H90N13O14P/c1-29-20-39-40(21-30(29)2)75(28-70-39)57-52(84)53(41(27-76)87-57)89-90(85,86)88-31(3)26-69-49(83)18-19-59(8)37(22-46(66)80)56-62(11)61(10,25-48(68)82)36(14-17-45(65)79)51(74-62)33(5)55-60(9,24-47(67)81)34(12-15-43(63)77)38(71-55)23-42-58(6,7)35(13-16-44(64)78)50(72-42)32(4)54(59)73-56/h20-21,23,28,31,34-37,41,52-53,56-57,71,76,84H,12-19,22,24-27H2,1-11H3,(H2,63,77)(H2,64,78)(H2,65,79)(H2,66,80)(H2,67,81)(H2,68,82)(H,69,83)(H,85,86)/b38-23-,50-32-,55-33?/t31?,34-,35?,36?,37+,41+,52?,53+,56?,57-,59?,60?,61+,62?/m0/s1. The number of nitrogens with one attached hydrogen (secondary N) is 2. The first-order valence-electron chi connectivity index (χ1n) is 30.6. The highest BCUT2D eigenvalue weighted by molar-refractivity contribution is 7.47. The number of aliphatic hydroxyl groups is 2. The van der Waals surface area contributed by atoms with E-state index >= 15 is 0 Å². The van der Waals surface area contributed by atoms with Crippen LogP contribution in [0.2, 0.25) is 0 Å². The number of aliphatic hydroxyl groups excluding tert-OH is 2. The molecule has 2 aromatic rings. The van der Waals surface area contributed by atoms with E-state index in [1.165, 1.54) is 13.3 Å². The first kappa shape index (κ1) is 68.9. The second kappa shape index (κ2) is 25.6. The van der Waals surface area contributed by atoms with E-state index in [2.05, 4.69) is 15.6 Å². The van der Waals surface area contributed by atoms with Crippen LogP contribution in [0.25, 0.3) is 11.0 Å². The zero-order valence-electron chi connectivity index (χ0n) is 53.3. The molecular formula is C62H90N13O14P. The number of ether oxygens (including phenoxy) is 1. The van der Waals surface area contributed by atoms with Gasteiger partial charge in [0.25, 0.3) is 0 Å². The summed E-state index contributed by atoms with van der Waals surface area (Å²) in [5.74, 6) is -7.18. The first-order valence-corrected chi connectivity index (χ1v) is 32.1. The largest absolute Gasteiger partial charge is 0.472 e. The lowest BCUT2D eigenvalue weighted by Crippen LogP contribution is -2.56. The van der Waals surface area contributed by atoms with E-state index in [0.29, 0.717) is 56.4 Å². The van der Waals surface area contributed by atoms with Gasteiger partial charge in [-0.25, -0.2) is 9.55 Å². The van der Waals surface area contributed by atoms with Crippen molar-refractivity contribution in [3.8, 4) is 0 Å². The monoisotopic (exact) mass is 1270 g/mol. The number of aliphatic imine (C=N–C) groups is 3. The Morgan fingerprint density at radius 1 is 0.800 bits per heavy atom. The molecule has 6 aliphatic heterocycles. The molecule has 90 heavy (non-hydrogen) atoms. The molecule has 0 radical (unpaired) electrons. The summed E-state index contributed by atoms with van der Waals surface area (Å²) in [7, 11) is -5.07. The zero-order chi connectivity index (χ0) is 66.7. The smallest absolute Gasteiger partial charge is 0.394 e. The highest BCUT2D eigenvalue weighted by Crippen LogP contribution is 2.63. The van der Waals surface area contributed by atoms with Crippen LogP contribution in [0.5, 0.6) is 0 Å². The van der Waals surface area contributed by atoms with E-state index in [1.807, 2.05) is 87.4 Å². The molecule has 492 valence electrons. The molecule has 6 aliphatic rings. The fraction of sp³-hybridized carbons (Fsp3) is 0.629. The van der Waals surface area contributed by atoms with Crippen LogP contribution in [0, 0.1) is 59.2 Å². The van der Waals surface area contributed by atoms with E-state index in [0.717, 1.165) is 11.1 Å². The molecule has 8 rings (SSSR count). The Morgan fingerprint density at radius 2 is 1.40 bits per heavy atom. The Balaban J connectivity index is 1.19. The second-order valence-electron chi connectivity index (χ2n) is 27.1. The number of allylic oxidation sites excluding steroid dienone is 6. The summed E-state index contributed by atoms with van der Waals surface area (Å²) in [6, 6.07) is 2.70. The van der Waals surface area contributed by atoms with Gasteiger partial charge < -0.3 is 69.4 Å². The van der Waals surface area contributed by atoms with Crippen LogP contribution in [0.3, 0.4) is 0 Å². The van der Waals surface area contributed by atoms with Gasteiger partial charge in [-0.1, -0.05) is 34.6 Å². The van der Waals surface area contributed by atoms with Gasteiger partial charge in [-0.15, -0.1) is 0 Å². The van der Waals surface area contributed by atoms with Crippen LogP contribution in [0.1, 0.15) is 150 Å². The molecule has 8 bridgehead atoms. The van der Waals surface area contributed by atoms with Gasteiger partial charge >= 0.3 is 7.82 Å². The molecule has 0 aliphatic carbocycles. The van der Waals surface area contributed by atoms with Gasteiger partial charge in [0.1, 0.15) is 18.3 Å². The van der Waals surface area contributed by atoms with Crippen molar-refractivity contribution in [2.24, 2.45) is 94.7 Å². The van der Waals surface area contributed by atoms with E-state index < -0.39 is 143 Å². The molecule has 7 amide bonds. The average Bonchev–Trinajstić information content (AvgIpc) is 1.53. The van der Waals surface area contributed by atoms with E-state index in [-0.39, 0.29) is 77.2 Å². The summed E-state index contributed by atoms with van der Waals surface area (Å²) < 4.78 is 32.3. The number of primary amides is 6. The summed E-state index contributed by atoms with van der Waals surface area (Å²) >= 11 is 0. The predicted octanol–water partition coefficient (Wildman–Crippen LogP) is 3.16. The number of aromatic nitrogens is 2. The van der Waals surface area contributed by atoms with Gasteiger partial charge in [0.15, 0.2) is 6.23 Å². The topological polar surface area (TPSA) is 460 Å². The number of hydrogen-bond donors (Lipinski definition) is 11. The molecule has 2 fully saturated rings. The lowest BCUT2D eigenvalue weighted by molar-refractivity contribution is -0.124. The number of nitrogens with zero attached hydrogens (tertiary/aromatic N) is 5. The Morgan fingerprint density at radius 3 is 1.99 bits per heavy atom. The van der Waals surface area contributed by atoms with Crippen molar-refractivity contribution in [2.45, 2.75) is 189 Å². The SMILES string of the molecule is CC1=C2N/C(=C\C3=NC(=C(/C)C4=NC([C@@H](CC(N)=O)C4(C)CCC(=O)NCC(C)OP(=O)(O)O[C@H]4C(O)[C@@H](n5cnc6cc(C)c(C)cc65)O[C@@H]4CO)C4(C)N=C1C(CCC(N)=O)[C@@]4(C)CC(N)=O)/C(CCC(N)=O)C3(C)C)[C@H](CCC(N)=O)C2(C)CC(N)=O. The summed E-state index contributed by atoms with van der Waals surface area (Å²) in [5, 5.41) is 28.2. The molecule has 0 spiro atoms. The third-order valence-electron chi connectivity index (χ3n) is 20.6. The van der Waals surface area contributed by atoms with Gasteiger partial charge in [0, 0.05) is 131 Å². The third kappa shape index (κ3) is 13.0. The van der Waals surface area contributed by atoms with Crippen LogP contribution in [0.4, 0.5) is 0 Å². The molecule has 1 aromatic carbocycles. The maximum Gasteiger partial charge on any atom is 0.472 e. The Kier molecular flexibility index (Phi) is 19.6. The summed E-state index contributed by atoms with van der Waals surface area (Å²) in [4.78, 5) is 126. The van der Waals surface area contributed by atoms with E-state index in [4.69, 9.17) is 63.2 Å². The zero-order valence-corrected chi connectivity index (χ0v) is 54.1. The highest BCUT2D eigenvalue weighted by atomic mass is 31.2. The fourth-order valence-electron chi connectivity index (χ4n) is 15.4. The van der Waals surface area contributed by atoms with Crippen molar-refractivity contribution in [2.75, 3.05) is 13.2 Å². The number of phosphoric ester groups is 1. The Hall–Kier alpha value is -7.00.